The largest absolute Gasteiger partial charge is 0.467 e. The smallest absolute Gasteiger partial charge is 0.303 e. The molecule has 4 atom stereocenters. The van der Waals surface area contributed by atoms with E-state index < -0.39 is 59.0 Å². The Hall–Kier alpha value is -4.01. The van der Waals surface area contributed by atoms with E-state index in [1.807, 2.05) is 0 Å². The summed E-state index contributed by atoms with van der Waals surface area (Å²) >= 11 is 0. The maximum atomic E-state index is 15.1. The van der Waals surface area contributed by atoms with Crippen molar-refractivity contribution in [2.45, 2.75) is 59.0 Å². The Labute approximate surface area is 277 Å². The summed E-state index contributed by atoms with van der Waals surface area (Å²) in [4.78, 5) is 32.2. The fraction of sp³-hybridized carbons (Fsp3) is 0.500. The van der Waals surface area contributed by atoms with Crippen molar-refractivity contribution in [3.05, 3.63) is 71.4 Å². The highest BCUT2D eigenvalue weighted by molar-refractivity contribution is 5.83. The molecule has 0 spiro atoms. The number of nitrogens with zero attached hydrogens (tertiary/aromatic N) is 3. The van der Waals surface area contributed by atoms with Crippen LogP contribution in [0, 0.1) is 28.8 Å². The lowest BCUT2D eigenvalue weighted by Crippen LogP contribution is -2.50. The van der Waals surface area contributed by atoms with Crippen molar-refractivity contribution in [1.29, 1.82) is 0 Å². The maximum Gasteiger partial charge on any atom is 0.303 e. The van der Waals surface area contributed by atoms with Crippen LogP contribution in [0.25, 0.3) is 11.3 Å². The number of nitrogens with one attached hydrogen (secondary N) is 1. The minimum atomic E-state index is -1.29. The van der Waals surface area contributed by atoms with Crippen LogP contribution in [0.5, 0.6) is 5.75 Å². The fourth-order valence-corrected chi connectivity index (χ4v) is 6.04. The molecule has 1 amide bonds. The van der Waals surface area contributed by atoms with Gasteiger partial charge in [0.2, 0.25) is 0 Å². The molecule has 3 aromatic rings. The summed E-state index contributed by atoms with van der Waals surface area (Å²) in [5, 5.41) is 13.1. The monoisotopic (exact) mass is 678 g/mol. The Morgan fingerprint density at radius 3 is 2.54 bits per heavy atom. The number of aliphatic hydroxyl groups is 1. The van der Waals surface area contributed by atoms with Gasteiger partial charge < -0.3 is 34.1 Å². The summed E-state index contributed by atoms with van der Waals surface area (Å²) in [5.74, 6) is -3.71. The Morgan fingerprint density at radius 2 is 1.90 bits per heavy atom. The number of hydrogen-bond donors (Lipinski definition) is 2. The van der Waals surface area contributed by atoms with Crippen LogP contribution in [-0.4, -0.2) is 83.9 Å². The van der Waals surface area contributed by atoms with Gasteiger partial charge in [-0.15, -0.1) is 0 Å². The van der Waals surface area contributed by atoms with Gasteiger partial charge in [0.15, 0.2) is 12.9 Å². The number of rotatable bonds is 15. The molecule has 1 saturated heterocycles. The van der Waals surface area contributed by atoms with E-state index in [1.54, 1.807) is 24.5 Å². The summed E-state index contributed by atoms with van der Waals surface area (Å²) in [6, 6.07) is 5.91. The van der Waals surface area contributed by atoms with Crippen molar-refractivity contribution in [1.82, 2.24) is 19.8 Å². The zero-order valence-corrected chi connectivity index (χ0v) is 27.6. The summed E-state index contributed by atoms with van der Waals surface area (Å²) in [7, 11) is 1.42. The second-order valence-electron chi connectivity index (χ2n) is 12.6. The second kappa shape index (κ2) is 15.9. The summed E-state index contributed by atoms with van der Waals surface area (Å²) in [6.07, 6.45) is -0.963. The highest BCUT2D eigenvalue weighted by Gasteiger charge is 2.44. The molecule has 1 fully saturated rings. The molecule has 14 heteroatoms. The van der Waals surface area contributed by atoms with Crippen molar-refractivity contribution in [2.75, 3.05) is 40.1 Å². The van der Waals surface area contributed by atoms with E-state index in [4.69, 9.17) is 19.2 Å². The zero-order chi connectivity index (χ0) is 35.2. The number of benzene rings is 2. The number of carbonyl (C=O) groups excluding carboxylic acids is 2. The van der Waals surface area contributed by atoms with Gasteiger partial charge in [-0.1, -0.05) is 13.8 Å². The standard InChI is InChI=1S/C34H42F4N4O6/c1-20(48-21(2)44)33(45)42(17-23-14-39-15-29(23)38)31(34(3,4)8-9-43)32-40-30(27-13-24(35)6-7-28(27)37)18-41(32)16-22-10-25(36)12-26(11-22)47-19-46-5/h6-7,10-13,18,20,23,29,31,39,43H,8-9,14-17,19H2,1-5H3/t20-,23-,29-,31-/m0/s1. The molecule has 0 saturated carbocycles. The lowest BCUT2D eigenvalue weighted by molar-refractivity contribution is -0.161. The van der Waals surface area contributed by atoms with E-state index in [2.05, 4.69) is 5.32 Å². The van der Waals surface area contributed by atoms with E-state index >= 15 is 8.78 Å². The van der Waals surface area contributed by atoms with Crippen molar-refractivity contribution in [3.8, 4) is 17.0 Å². The molecule has 2 heterocycles. The van der Waals surface area contributed by atoms with E-state index in [9.17, 15) is 23.5 Å². The highest BCUT2D eigenvalue weighted by atomic mass is 19.1. The number of hydrogen-bond acceptors (Lipinski definition) is 8. The van der Waals surface area contributed by atoms with Crippen LogP contribution < -0.4 is 10.1 Å². The number of aromatic nitrogens is 2. The first-order chi connectivity index (χ1) is 22.7. The zero-order valence-electron chi connectivity index (χ0n) is 27.6. The SMILES string of the molecule is COCOc1cc(F)cc(Cn2cc(-c3cc(F)ccc3F)nc2[C@H](N(C[C@@H]2CNC[C@@H]2F)C(=O)[C@H](C)OC(C)=O)C(C)(C)CCO)c1. The van der Waals surface area contributed by atoms with Gasteiger partial charge in [0.25, 0.3) is 5.91 Å². The van der Waals surface area contributed by atoms with Crippen molar-refractivity contribution in [3.63, 3.8) is 0 Å². The Morgan fingerprint density at radius 1 is 1.15 bits per heavy atom. The number of imidazole rings is 1. The molecule has 2 N–H and O–H groups in total. The molecular formula is C34H42F4N4O6. The van der Waals surface area contributed by atoms with E-state index in [0.717, 1.165) is 25.1 Å². The molecule has 2 aromatic carbocycles. The van der Waals surface area contributed by atoms with Gasteiger partial charge in [0, 0.05) is 70.6 Å². The molecule has 10 nitrogen and oxygen atoms in total. The van der Waals surface area contributed by atoms with Crippen LogP contribution in [0.2, 0.25) is 0 Å². The van der Waals surface area contributed by atoms with Gasteiger partial charge in [-0.3, -0.25) is 9.59 Å². The average molecular weight is 679 g/mol. The van der Waals surface area contributed by atoms with Crippen LogP contribution in [0.1, 0.15) is 51.5 Å². The van der Waals surface area contributed by atoms with E-state index in [1.165, 1.54) is 37.3 Å². The van der Waals surface area contributed by atoms with Gasteiger partial charge in [-0.05, 0) is 54.7 Å². The average Bonchev–Trinajstić information content (AvgIpc) is 3.61. The lowest BCUT2D eigenvalue weighted by Gasteiger charge is -2.43. The van der Waals surface area contributed by atoms with Gasteiger partial charge in [-0.2, -0.15) is 0 Å². The van der Waals surface area contributed by atoms with Gasteiger partial charge in [0.1, 0.15) is 35.2 Å². The Bertz CT molecular complexity index is 1580. The lowest BCUT2D eigenvalue weighted by atomic mass is 9.79. The predicted octanol–water partition coefficient (Wildman–Crippen LogP) is 4.79. The minimum Gasteiger partial charge on any atom is -0.467 e. The summed E-state index contributed by atoms with van der Waals surface area (Å²) in [6.45, 7) is 5.87. The van der Waals surface area contributed by atoms with Crippen LogP contribution in [0.4, 0.5) is 17.6 Å². The minimum absolute atomic E-state index is 0.0189. The van der Waals surface area contributed by atoms with Gasteiger partial charge in [-0.25, -0.2) is 22.5 Å². The third kappa shape index (κ3) is 8.91. The third-order valence-electron chi connectivity index (χ3n) is 8.35. The molecule has 1 aromatic heterocycles. The maximum absolute atomic E-state index is 15.1. The highest BCUT2D eigenvalue weighted by Crippen LogP contribution is 2.43. The fourth-order valence-electron chi connectivity index (χ4n) is 6.04. The number of methoxy groups -OCH3 is 1. The first-order valence-electron chi connectivity index (χ1n) is 15.6. The van der Waals surface area contributed by atoms with Crippen LogP contribution in [0.3, 0.4) is 0 Å². The van der Waals surface area contributed by atoms with Gasteiger partial charge in [0.05, 0.1) is 11.7 Å². The topological polar surface area (TPSA) is 115 Å². The summed E-state index contributed by atoms with van der Waals surface area (Å²) < 4.78 is 76.6. The van der Waals surface area contributed by atoms with E-state index in [0.29, 0.717) is 5.56 Å². The molecule has 4 rings (SSSR count). The molecule has 1 aliphatic rings. The van der Waals surface area contributed by atoms with E-state index in [-0.39, 0.29) is 68.8 Å². The molecule has 0 bridgehead atoms. The normalized spacial score (nSPS) is 17.6. The van der Waals surface area contributed by atoms with Crippen LogP contribution in [0.15, 0.2) is 42.6 Å². The van der Waals surface area contributed by atoms with Crippen molar-refractivity contribution >= 4 is 11.9 Å². The number of carbonyl (C=O) groups is 2. The second-order valence-corrected chi connectivity index (χ2v) is 12.6. The van der Waals surface area contributed by atoms with Crippen LogP contribution in [-0.2, 0) is 25.6 Å². The number of ether oxygens (including phenoxy) is 3. The quantitative estimate of drug-likeness (QED) is 0.134. The molecular weight excluding hydrogens is 636 g/mol. The first kappa shape index (κ1) is 36.8. The number of alkyl halides is 1. The molecule has 1 aliphatic heterocycles. The Balaban J connectivity index is 1.95. The van der Waals surface area contributed by atoms with Crippen molar-refractivity contribution < 1.29 is 46.5 Å². The first-order valence-corrected chi connectivity index (χ1v) is 15.6. The van der Waals surface area contributed by atoms with Crippen LogP contribution >= 0.6 is 0 Å². The van der Waals surface area contributed by atoms with Crippen molar-refractivity contribution in [2.24, 2.45) is 11.3 Å². The van der Waals surface area contributed by atoms with Gasteiger partial charge >= 0.3 is 5.97 Å². The number of amides is 1. The number of esters is 1. The molecule has 48 heavy (non-hydrogen) atoms. The summed E-state index contributed by atoms with van der Waals surface area (Å²) in [5.41, 5.74) is -0.717. The third-order valence-corrected chi connectivity index (χ3v) is 8.35. The molecule has 0 unspecified atom stereocenters. The molecule has 262 valence electrons. The molecule has 0 radical (unpaired) electrons. The number of halogens is 4. The number of aliphatic hydroxyl groups excluding tert-OH is 1. The predicted molar refractivity (Wildman–Crippen MR) is 168 cm³/mol. The molecule has 0 aliphatic carbocycles. The Kier molecular flexibility index (Phi) is 12.2.